The second kappa shape index (κ2) is 8.00. The maximum atomic E-state index is 13.3. The molecule has 0 atom stereocenters. The number of thiophene rings is 1. The van der Waals surface area contributed by atoms with Gasteiger partial charge in [-0.05, 0) is 55.5 Å². The highest BCUT2D eigenvalue weighted by molar-refractivity contribution is 9.10. The second-order valence-corrected chi connectivity index (χ2v) is 8.57. The number of benzene rings is 2. The molecule has 0 aliphatic carbocycles. The number of carbonyl (C=O) groups excluding carboxylic acids is 2. The molecule has 0 unspecified atom stereocenters. The molecule has 0 fully saturated rings. The second-order valence-electron chi connectivity index (χ2n) is 6.63. The van der Waals surface area contributed by atoms with Crippen molar-refractivity contribution >= 4 is 60.7 Å². The summed E-state index contributed by atoms with van der Waals surface area (Å²) in [5.74, 6) is -0.857. The summed E-state index contributed by atoms with van der Waals surface area (Å²) in [7, 11) is 0. The van der Waals surface area contributed by atoms with Crippen molar-refractivity contribution in [2.45, 2.75) is 13.8 Å². The van der Waals surface area contributed by atoms with Gasteiger partial charge in [0.05, 0.1) is 27.6 Å². The van der Waals surface area contributed by atoms with Crippen molar-refractivity contribution in [2.75, 3.05) is 10.6 Å². The molecule has 2 amide bonds. The average molecular weight is 487 g/mol. The fourth-order valence-electron chi connectivity index (χ4n) is 3.02. The minimum atomic E-state index is -0.325. The third-order valence-electron chi connectivity index (χ3n) is 4.38. The van der Waals surface area contributed by atoms with Gasteiger partial charge >= 0.3 is 0 Å². The number of rotatable bonds is 4. The number of aryl methyl sites for hydroxylation is 1. The summed E-state index contributed by atoms with van der Waals surface area (Å²) in [5.41, 5.74) is 2.47. The lowest BCUT2D eigenvalue weighted by molar-refractivity contribution is -0.114. The van der Waals surface area contributed by atoms with Crippen molar-refractivity contribution in [3.8, 4) is 5.69 Å². The zero-order chi connectivity index (χ0) is 21.4. The number of nitrogens with zero attached hydrogens (tertiary/aromatic N) is 2. The van der Waals surface area contributed by atoms with E-state index in [1.807, 2.05) is 6.92 Å². The molecule has 2 aromatic carbocycles. The van der Waals surface area contributed by atoms with Crippen LogP contribution in [0.4, 0.5) is 15.8 Å². The van der Waals surface area contributed by atoms with Gasteiger partial charge in [0.2, 0.25) is 5.91 Å². The lowest BCUT2D eigenvalue weighted by Gasteiger charge is -2.11. The van der Waals surface area contributed by atoms with E-state index in [-0.39, 0.29) is 17.6 Å². The smallest absolute Gasteiger partial charge is 0.265 e. The van der Waals surface area contributed by atoms with Crippen LogP contribution in [0.5, 0.6) is 0 Å². The minimum absolute atomic E-state index is 0.232. The molecular formula is C21H16BrFN4O2S. The zero-order valence-corrected chi connectivity index (χ0v) is 18.4. The van der Waals surface area contributed by atoms with E-state index >= 15 is 0 Å². The molecule has 0 bridgehead atoms. The van der Waals surface area contributed by atoms with Gasteiger partial charge in [-0.25, -0.2) is 9.07 Å². The Morgan fingerprint density at radius 3 is 2.50 bits per heavy atom. The van der Waals surface area contributed by atoms with Gasteiger partial charge in [0.1, 0.15) is 10.6 Å². The molecule has 0 aliphatic heterocycles. The number of aromatic nitrogens is 2. The van der Waals surface area contributed by atoms with E-state index in [1.165, 1.54) is 30.4 Å². The molecule has 0 spiro atoms. The lowest BCUT2D eigenvalue weighted by atomic mass is 10.2. The molecular weight excluding hydrogens is 471 g/mol. The van der Waals surface area contributed by atoms with Crippen molar-refractivity contribution in [3.63, 3.8) is 0 Å². The van der Waals surface area contributed by atoms with E-state index in [4.69, 9.17) is 0 Å². The maximum absolute atomic E-state index is 13.3. The fourth-order valence-corrected chi connectivity index (χ4v) is 4.46. The van der Waals surface area contributed by atoms with E-state index in [9.17, 15) is 14.0 Å². The van der Waals surface area contributed by atoms with E-state index in [2.05, 4.69) is 31.7 Å². The summed E-state index contributed by atoms with van der Waals surface area (Å²) in [6.45, 7) is 3.27. The van der Waals surface area contributed by atoms with Crippen LogP contribution >= 0.6 is 27.3 Å². The number of hydrogen-bond acceptors (Lipinski definition) is 4. The van der Waals surface area contributed by atoms with Gasteiger partial charge < -0.3 is 10.6 Å². The molecule has 0 aliphatic rings. The summed E-state index contributed by atoms with van der Waals surface area (Å²) in [6.07, 6.45) is 0. The van der Waals surface area contributed by atoms with E-state index < -0.39 is 0 Å². The van der Waals surface area contributed by atoms with Gasteiger partial charge in [-0.1, -0.05) is 15.9 Å². The molecule has 6 nitrogen and oxygen atoms in total. The number of fused-ring (bicyclic) bond motifs is 1. The van der Waals surface area contributed by atoms with E-state index in [0.29, 0.717) is 21.9 Å². The number of carbonyl (C=O) groups is 2. The SMILES string of the molecule is CC(=O)Nc1ccc(Br)cc1NC(=O)c1cc2c(C)nn(-c3ccc(F)cc3)c2s1. The van der Waals surface area contributed by atoms with Crippen LogP contribution in [-0.2, 0) is 4.79 Å². The van der Waals surface area contributed by atoms with Crippen molar-refractivity contribution in [1.82, 2.24) is 9.78 Å². The Balaban J connectivity index is 1.68. The van der Waals surface area contributed by atoms with Crippen LogP contribution < -0.4 is 10.6 Å². The number of hydrogen-bond donors (Lipinski definition) is 2. The van der Waals surface area contributed by atoms with Crippen molar-refractivity contribution in [2.24, 2.45) is 0 Å². The van der Waals surface area contributed by atoms with Crippen LogP contribution in [-0.4, -0.2) is 21.6 Å². The number of amides is 2. The van der Waals surface area contributed by atoms with Crippen LogP contribution in [0.25, 0.3) is 15.9 Å². The van der Waals surface area contributed by atoms with Crippen LogP contribution in [0.15, 0.2) is 53.0 Å². The Hall–Kier alpha value is -3.04. The molecule has 0 saturated heterocycles. The standard InChI is InChI=1S/C21H16BrFN4O2S/c1-11-16-10-19(30-21(16)27(26-11)15-6-4-14(23)5-7-15)20(29)25-18-9-13(22)3-8-17(18)24-12(2)28/h3-10H,1-2H3,(H,24,28)(H,25,29). The summed E-state index contributed by atoms with van der Waals surface area (Å²) in [6, 6.07) is 13.0. The Bertz CT molecular complexity index is 1280. The average Bonchev–Trinajstić information content (AvgIpc) is 3.25. The van der Waals surface area contributed by atoms with Gasteiger partial charge in [0.25, 0.3) is 5.91 Å². The molecule has 30 heavy (non-hydrogen) atoms. The first-order chi connectivity index (χ1) is 14.3. The summed E-state index contributed by atoms with van der Waals surface area (Å²) < 4.78 is 15.7. The quantitative estimate of drug-likeness (QED) is 0.399. The van der Waals surface area contributed by atoms with Crippen LogP contribution in [0.1, 0.15) is 22.3 Å². The molecule has 9 heteroatoms. The first kappa shape index (κ1) is 20.2. The molecule has 4 rings (SSSR count). The normalized spacial score (nSPS) is 10.9. The van der Waals surface area contributed by atoms with Gasteiger partial charge in [0.15, 0.2) is 0 Å². The highest BCUT2D eigenvalue weighted by Gasteiger charge is 2.18. The predicted octanol–water partition coefficient (Wildman–Crippen LogP) is 5.51. The fraction of sp³-hybridized carbons (Fsp3) is 0.0952. The molecule has 0 radical (unpaired) electrons. The molecule has 0 saturated carbocycles. The topological polar surface area (TPSA) is 76.0 Å². The third kappa shape index (κ3) is 3.99. The first-order valence-electron chi connectivity index (χ1n) is 8.95. The first-order valence-corrected chi connectivity index (χ1v) is 10.6. The Kier molecular flexibility index (Phi) is 5.40. The monoisotopic (exact) mass is 486 g/mol. The van der Waals surface area contributed by atoms with Gasteiger partial charge in [-0.3, -0.25) is 9.59 Å². The van der Waals surface area contributed by atoms with Gasteiger partial charge in [-0.15, -0.1) is 11.3 Å². The lowest BCUT2D eigenvalue weighted by Crippen LogP contribution is -2.14. The Morgan fingerprint density at radius 1 is 1.07 bits per heavy atom. The summed E-state index contributed by atoms with van der Waals surface area (Å²) >= 11 is 4.67. The molecule has 4 aromatic rings. The maximum Gasteiger partial charge on any atom is 0.265 e. The minimum Gasteiger partial charge on any atom is -0.325 e. The van der Waals surface area contributed by atoms with Crippen molar-refractivity contribution < 1.29 is 14.0 Å². The zero-order valence-electron chi connectivity index (χ0n) is 16.0. The molecule has 152 valence electrons. The predicted molar refractivity (Wildman–Crippen MR) is 120 cm³/mol. The Labute approximate surface area is 183 Å². The van der Waals surface area contributed by atoms with E-state index in [0.717, 1.165) is 20.4 Å². The third-order valence-corrected chi connectivity index (χ3v) is 5.98. The van der Waals surface area contributed by atoms with Gasteiger partial charge in [-0.2, -0.15) is 5.10 Å². The van der Waals surface area contributed by atoms with Gasteiger partial charge in [0, 0.05) is 16.8 Å². The van der Waals surface area contributed by atoms with Crippen LogP contribution in [0, 0.1) is 12.7 Å². The molecule has 2 heterocycles. The number of anilines is 2. The number of halogens is 2. The van der Waals surface area contributed by atoms with Crippen LogP contribution in [0.3, 0.4) is 0 Å². The summed E-state index contributed by atoms with van der Waals surface area (Å²) in [5, 5.41) is 10.9. The van der Waals surface area contributed by atoms with Crippen molar-refractivity contribution in [3.05, 3.63) is 69.4 Å². The number of nitrogens with one attached hydrogen (secondary N) is 2. The van der Waals surface area contributed by atoms with E-state index in [1.54, 1.807) is 41.1 Å². The summed E-state index contributed by atoms with van der Waals surface area (Å²) in [4.78, 5) is 25.7. The molecule has 2 aromatic heterocycles. The highest BCUT2D eigenvalue weighted by Crippen LogP contribution is 2.32. The largest absolute Gasteiger partial charge is 0.325 e. The molecule has 2 N–H and O–H groups in total. The highest BCUT2D eigenvalue weighted by atomic mass is 79.9. The van der Waals surface area contributed by atoms with Crippen LogP contribution in [0.2, 0.25) is 0 Å². The van der Waals surface area contributed by atoms with Crippen molar-refractivity contribution in [1.29, 1.82) is 0 Å². The Morgan fingerprint density at radius 2 is 1.80 bits per heavy atom.